The Morgan fingerprint density at radius 3 is 1.54 bits per heavy atom. The summed E-state index contributed by atoms with van der Waals surface area (Å²) in [4.78, 5) is 74.2. The van der Waals surface area contributed by atoms with Gasteiger partial charge in [-0.1, -0.05) is 23.2 Å². The number of benzene rings is 3. The number of ether oxygens (including phenoxy) is 2. The van der Waals surface area contributed by atoms with Gasteiger partial charge in [0.15, 0.2) is 0 Å². The van der Waals surface area contributed by atoms with Crippen molar-refractivity contribution in [3.8, 4) is 0 Å². The third kappa shape index (κ3) is 8.78. The highest BCUT2D eigenvalue weighted by molar-refractivity contribution is 6.31. The van der Waals surface area contributed by atoms with Crippen molar-refractivity contribution in [1.29, 1.82) is 0 Å². The minimum Gasteiger partial charge on any atom is -0.478 e. The van der Waals surface area contributed by atoms with Gasteiger partial charge in [-0.3, -0.25) is 25.2 Å². The second-order valence-corrected chi connectivity index (χ2v) is 9.08. The minimum absolute atomic E-state index is 0.0538. The molecule has 14 heteroatoms. The van der Waals surface area contributed by atoms with Gasteiger partial charge in [0, 0.05) is 28.2 Å². The van der Waals surface area contributed by atoms with Crippen molar-refractivity contribution in [1.82, 2.24) is 10.9 Å². The van der Waals surface area contributed by atoms with Crippen molar-refractivity contribution in [2.45, 2.75) is 19.1 Å². The molecule has 0 radical (unpaired) electrons. The molecule has 3 amide bonds. The predicted molar refractivity (Wildman–Crippen MR) is 145 cm³/mol. The number of nitrogens with one attached hydrogen (secondary N) is 3. The molecule has 0 aliphatic carbocycles. The van der Waals surface area contributed by atoms with Gasteiger partial charge in [-0.05, 0) is 72.8 Å². The number of carbonyl (C=O) groups excluding carboxylic acids is 5. The molecule has 0 bridgehead atoms. The normalized spacial score (nSPS) is 11.8. The molecule has 0 spiro atoms. The molecule has 4 N–H and O–H groups in total. The fraction of sp³-hybridized carbons (Fsp3) is 0.111. The van der Waals surface area contributed by atoms with Crippen molar-refractivity contribution in [3.05, 3.63) is 99.5 Å². The molecule has 41 heavy (non-hydrogen) atoms. The van der Waals surface area contributed by atoms with E-state index in [-0.39, 0.29) is 22.6 Å². The lowest BCUT2D eigenvalue weighted by Crippen LogP contribution is -2.54. The Labute approximate surface area is 242 Å². The fourth-order valence-electron chi connectivity index (χ4n) is 3.20. The van der Waals surface area contributed by atoms with E-state index in [9.17, 15) is 33.9 Å². The highest BCUT2D eigenvalue weighted by atomic mass is 35.5. The van der Waals surface area contributed by atoms with Crippen LogP contribution in [0.15, 0.2) is 72.8 Å². The Balaban J connectivity index is 1.81. The lowest BCUT2D eigenvalue weighted by Gasteiger charge is -2.23. The molecule has 0 aliphatic heterocycles. The maximum Gasteiger partial charge on any atom is 0.349 e. The van der Waals surface area contributed by atoms with E-state index in [2.05, 4.69) is 10.7 Å². The number of carboxylic acid groups (broad SMARTS) is 1. The highest BCUT2D eigenvalue weighted by Gasteiger charge is 2.41. The van der Waals surface area contributed by atoms with Gasteiger partial charge >= 0.3 is 17.9 Å². The van der Waals surface area contributed by atoms with Crippen molar-refractivity contribution < 1.29 is 43.3 Å². The standard InChI is InChI=1S/C27H21Cl2N3O9/c1-14(33)30-20-12-6-15(7-13-20)23(34)31-32-24(35)21(40-26(38)16-2-8-18(28)9-3-16)22(25(36)37)41-27(39)17-4-10-19(29)11-5-17/h2-13,21-22H,1H3,(H,30,33)(H,31,34)(H,32,35)(H,36,37)/t21-,22+/m0/s1. The molecule has 0 unspecified atom stereocenters. The first-order valence-corrected chi connectivity index (χ1v) is 12.3. The second-order valence-electron chi connectivity index (χ2n) is 8.21. The molecule has 0 fully saturated rings. The summed E-state index contributed by atoms with van der Waals surface area (Å²) in [6, 6.07) is 16.1. The van der Waals surface area contributed by atoms with Gasteiger partial charge in [0.1, 0.15) is 0 Å². The van der Waals surface area contributed by atoms with Crippen LogP contribution in [0.1, 0.15) is 38.0 Å². The topological polar surface area (TPSA) is 177 Å². The van der Waals surface area contributed by atoms with Crippen LogP contribution in [0.4, 0.5) is 5.69 Å². The van der Waals surface area contributed by atoms with Crippen LogP contribution in [0.5, 0.6) is 0 Å². The Bertz CT molecular complexity index is 1460. The SMILES string of the molecule is CC(=O)Nc1ccc(C(=O)NNC(=O)[C@@H](OC(=O)c2ccc(Cl)cc2)[C@@H](OC(=O)c2ccc(Cl)cc2)C(=O)O)cc1. The summed E-state index contributed by atoms with van der Waals surface area (Å²) in [5.74, 6) is -6.60. The van der Waals surface area contributed by atoms with Gasteiger partial charge in [-0.25, -0.2) is 14.4 Å². The molecule has 3 aromatic rings. The van der Waals surface area contributed by atoms with Crippen molar-refractivity contribution in [3.63, 3.8) is 0 Å². The van der Waals surface area contributed by atoms with Crippen LogP contribution in [0, 0.1) is 0 Å². The van der Waals surface area contributed by atoms with E-state index >= 15 is 0 Å². The highest BCUT2D eigenvalue weighted by Crippen LogP contribution is 2.17. The predicted octanol–water partition coefficient (Wildman–Crippen LogP) is 3.25. The number of esters is 2. The molecular weight excluding hydrogens is 581 g/mol. The average Bonchev–Trinajstić information content (AvgIpc) is 2.93. The monoisotopic (exact) mass is 601 g/mol. The summed E-state index contributed by atoms with van der Waals surface area (Å²) in [6.45, 7) is 1.31. The number of carbonyl (C=O) groups is 6. The van der Waals surface area contributed by atoms with Gasteiger partial charge in [0.05, 0.1) is 11.1 Å². The van der Waals surface area contributed by atoms with E-state index in [4.69, 9.17) is 32.7 Å². The van der Waals surface area contributed by atoms with Crippen molar-refractivity contribution in [2.75, 3.05) is 5.32 Å². The Morgan fingerprint density at radius 1 is 0.659 bits per heavy atom. The molecule has 0 heterocycles. The molecule has 3 rings (SSSR count). The average molecular weight is 602 g/mol. The lowest BCUT2D eigenvalue weighted by atomic mass is 10.1. The number of hydrogen-bond acceptors (Lipinski definition) is 8. The summed E-state index contributed by atoms with van der Waals surface area (Å²) in [7, 11) is 0. The molecule has 2 atom stereocenters. The Morgan fingerprint density at radius 2 is 1.10 bits per heavy atom. The summed E-state index contributed by atoms with van der Waals surface area (Å²) >= 11 is 11.6. The van der Waals surface area contributed by atoms with E-state index < -0.39 is 41.9 Å². The van der Waals surface area contributed by atoms with Crippen LogP contribution in [0.3, 0.4) is 0 Å². The smallest absolute Gasteiger partial charge is 0.349 e. The number of carboxylic acids is 1. The maximum atomic E-state index is 13.0. The van der Waals surface area contributed by atoms with Crippen LogP contribution < -0.4 is 16.2 Å². The molecule has 212 valence electrons. The lowest BCUT2D eigenvalue weighted by molar-refractivity contribution is -0.159. The van der Waals surface area contributed by atoms with Gasteiger partial charge in [-0.2, -0.15) is 0 Å². The van der Waals surface area contributed by atoms with E-state index in [1.807, 2.05) is 5.43 Å². The first kappa shape index (κ1) is 30.6. The Kier molecular flexibility index (Phi) is 10.4. The molecule has 0 aliphatic rings. The molecule has 0 saturated carbocycles. The van der Waals surface area contributed by atoms with E-state index in [1.165, 1.54) is 79.7 Å². The number of hydrazine groups is 1. The number of rotatable bonds is 9. The second kappa shape index (κ2) is 13.9. The third-order valence-corrected chi connectivity index (χ3v) is 5.68. The summed E-state index contributed by atoms with van der Waals surface area (Å²) < 4.78 is 10.2. The van der Waals surface area contributed by atoms with E-state index in [0.29, 0.717) is 15.7 Å². The first-order chi connectivity index (χ1) is 19.4. The number of aliphatic carboxylic acids is 1. The number of amides is 3. The maximum absolute atomic E-state index is 13.0. The third-order valence-electron chi connectivity index (χ3n) is 5.17. The Hall–Kier alpha value is -4.94. The zero-order valence-corrected chi connectivity index (χ0v) is 22.6. The number of halogens is 2. The van der Waals surface area contributed by atoms with Crippen LogP contribution in [-0.4, -0.2) is 52.9 Å². The van der Waals surface area contributed by atoms with Gasteiger partial charge in [0.2, 0.25) is 18.1 Å². The molecule has 12 nitrogen and oxygen atoms in total. The van der Waals surface area contributed by atoms with E-state index in [0.717, 1.165) is 0 Å². The summed E-state index contributed by atoms with van der Waals surface area (Å²) in [5.41, 5.74) is 4.31. The first-order valence-electron chi connectivity index (χ1n) is 11.6. The fourth-order valence-corrected chi connectivity index (χ4v) is 3.46. The van der Waals surface area contributed by atoms with E-state index in [1.54, 1.807) is 0 Å². The van der Waals surface area contributed by atoms with Crippen LogP contribution >= 0.6 is 23.2 Å². The van der Waals surface area contributed by atoms with Gasteiger partial charge in [-0.15, -0.1) is 0 Å². The largest absolute Gasteiger partial charge is 0.478 e. The molecule has 0 aromatic heterocycles. The van der Waals surface area contributed by atoms with Crippen LogP contribution in [0.25, 0.3) is 0 Å². The van der Waals surface area contributed by atoms with Gasteiger partial charge in [0.25, 0.3) is 11.8 Å². The number of hydrogen-bond donors (Lipinski definition) is 4. The quantitative estimate of drug-likeness (QED) is 0.212. The van der Waals surface area contributed by atoms with Crippen molar-refractivity contribution >= 4 is 64.5 Å². The molecule has 0 saturated heterocycles. The van der Waals surface area contributed by atoms with Gasteiger partial charge < -0.3 is 19.9 Å². The van der Waals surface area contributed by atoms with Crippen LogP contribution in [0.2, 0.25) is 10.0 Å². The van der Waals surface area contributed by atoms with Crippen LogP contribution in [-0.2, 0) is 23.9 Å². The summed E-state index contributed by atoms with van der Waals surface area (Å²) in [5, 5.41) is 12.9. The minimum atomic E-state index is -2.33. The zero-order chi connectivity index (χ0) is 30.1. The number of anilines is 1. The van der Waals surface area contributed by atoms with Crippen molar-refractivity contribution in [2.24, 2.45) is 0 Å². The zero-order valence-electron chi connectivity index (χ0n) is 21.1. The molecular formula is C27H21Cl2N3O9. The molecule has 3 aromatic carbocycles. The summed E-state index contributed by atoms with van der Waals surface area (Å²) in [6.07, 6.45) is -4.59.